The molecule has 0 aliphatic carbocycles. The molecule has 4 nitrogen and oxygen atoms in total. The third-order valence-electron chi connectivity index (χ3n) is 2.61. The van der Waals surface area contributed by atoms with Crippen LogP contribution in [0.4, 0.5) is 5.69 Å². The summed E-state index contributed by atoms with van der Waals surface area (Å²) >= 11 is 1.68. The second-order valence-electron chi connectivity index (χ2n) is 3.81. The van der Waals surface area contributed by atoms with Crippen LogP contribution in [-0.4, -0.2) is 19.3 Å². The summed E-state index contributed by atoms with van der Waals surface area (Å²) in [7, 11) is 1.33. The van der Waals surface area contributed by atoms with Crippen LogP contribution in [0.5, 0.6) is 0 Å². The van der Waals surface area contributed by atoms with Gasteiger partial charge < -0.3 is 14.5 Å². The van der Waals surface area contributed by atoms with Gasteiger partial charge in [-0.15, -0.1) is 11.8 Å². The van der Waals surface area contributed by atoms with Crippen molar-refractivity contribution in [2.45, 2.75) is 11.4 Å². The first-order chi connectivity index (χ1) is 9.24. The Hall–Kier alpha value is -1.88. The van der Waals surface area contributed by atoms with Crippen molar-refractivity contribution >= 4 is 23.4 Å². The molecule has 2 aromatic rings. The summed E-state index contributed by atoms with van der Waals surface area (Å²) in [6.45, 7) is 0.522. The summed E-state index contributed by atoms with van der Waals surface area (Å²) in [5.74, 6) is 0.449. The fourth-order valence-corrected chi connectivity index (χ4v) is 2.23. The fourth-order valence-electron chi connectivity index (χ4n) is 1.66. The number of carbonyl (C=O) groups excluding carboxylic acids is 1. The number of esters is 1. The van der Waals surface area contributed by atoms with E-state index >= 15 is 0 Å². The van der Waals surface area contributed by atoms with E-state index in [1.165, 1.54) is 12.0 Å². The summed E-state index contributed by atoms with van der Waals surface area (Å²) in [5, 5.41) is 3.28. The van der Waals surface area contributed by atoms with Gasteiger partial charge in [-0.2, -0.15) is 0 Å². The highest BCUT2D eigenvalue weighted by molar-refractivity contribution is 7.98. The Morgan fingerprint density at radius 2 is 2.11 bits per heavy atom. The topological polar surface area (TPSA) is 51.5 Å². The molecule has 0 saturated carbocycles. The van der Waals surface area contributed by atoms with Gasteiger partial charge in [-0.25, -0.2) is 4.79 Å². The lowest BCUT2D eigenvalue weighted by Gasteiger charge is -2.08. The quantitative estimate of drug-likeness (QED) is 0.670. The number of rotatable bonds is 5. The highest BCUT2D eigenvalue weighted by atomic mass is 32.2. The van der Waals surface area contributed by atoms with Crippen molar-refractivity contribution in [3.05, 3.63) is 47.9 Å². The van der Waals surface area contributed by atoms with Gasteiger partial charge >= 0.3 is 5.97 Å². The molecular weight excluding hydrogens is 262 g/mol. The minimum absolute atomic E-state index is 0.220. The zero-order chi connectivity index (χ0) is 13.7. The number of thioether (sulfide) groups is 1. The van der Waals surface area contributed by atoms with Crippen LogP contribution in [0, 0.1) is 0 Å². The van der Waals surface area contributed by atoms with E-state index < -0.39 is 5.97 Å². The van der Waals surface area contributed by atoms with Gasteiger partial charge in [0.15, 0.2) is 0 Å². The molecule has 0 amide bonds. The zero-order valence-electron chi connectivity index (χ0n) is 10.8. The average Bonchev–Trinajstić information content (AvgIpc) is 2.93. The Labute approximate surface area is 116 Å². The lowest BCUT2D eigenvalue weighted by Crippen LogP contribution is -2.00. The smallest absolute Gasteiger partial charge is 0.373 e. The number of ether oxygens (including phenoxy) is 1. The minimum Gasteiger partial charge on any atom is -0.463 e. The first-order valence-electron chi connectivity index (χ1n) is 5.78. The Morgan fingerprint density at radius 3 is 2.84 bits per heavy atom. The van der Waals surface area contributed by atoms with Crippen molar-refractivity contribution in [1.29, 1.82) is 0 Å². The van der Waals surface area contributed by atoms with Crippen LogP contribution in [-0.2, 0) is 11.3 Å². The minimum atomic E-state index is -0.462. The van der Waals surface area contributed by atoms with Gasteiger partial charge in [0, 0.05) is 10.6 Å². The molecule has 0 aliphatic rings. The first kappa shape index (κ1) is 13.5. The van der Waals surface area contributed by atoms with E-state index in [2.05, 4.69) is 16.1 Å². The molecule has 0 atom stereocenters. The predicted molar refractivity (Wildman–Crippen MR) is 75.6 cm³/mol. The summed E-state index contributed by atoms with van der Waals surface area (Å²) < 4.78 is 9.98. The van der Waals surface area contributed by atoms with E-state index in [1.807, 2.05) is 24.5 Å². The van der Waals surface area contributed by atoms with Crippen molar-refractivity contribution in [1.82, 2.24) is 0 Å². The number of carbonyl (C=O) groups is 1. The highest BCUT2D eigenvalue weighted by Gasteiger charge is 2.11. The van der Waals surface area contributed by atoms with Gasteiger partial charge in [0.1, 0.15) is 5.76 Å². The first-order valence-corrected chi connectivity index (χ1v) is 7.01. The van der Waals surface area contributed by atoms with Crippen molar-refractivity contribution in [3.8, 4) is 0 Å². The molecule has 19 heavy (non-hydrogen) atoms. The molecule has 1 N–H and O–H groups in total. The Morgan fingerprint density at radius 1 is 1.32 bits per heavy atom. The number of para-hydroxylation sites is 1. The van der Waals surface area contributed by atoms with E-state index in [0.717, 1.165) is 5.69 Å². The largest absolute Gasteiger partial charge is 0.463 e. The zero-order valence-corrected chi connectivity index (χ0v) is 11.6. The van der Waals surface area contributed by atoms with E-state index in [9.17, 15) is 4.79 Å². The van der Waals surface area contributed by atoms with Crippen molar-refractivity contribution in [3.63, 3.8) is 0 Å². The molecule has 0 unspecified atom stereocenters. The fraction of sp³-hybridized carbons (Fsp3) is 0.214. The summed E-state index contributed by atoms with van der Waals surface area (Å²) in [4.78, 5) is 12.4. The molecule has 1 heterocycles. The second-order valence-corrected chi connectivity index (χ2v) is 4.66. The highest BCUT2D eigenvalue weighted by Crippen LogP contribution is 2.25. The van der Waals surface area contributed by atoms with E-state index in [4.69, 9.17) is 4.42 Å². The number of furan rings is 1. The SMILES string of the molecule is COC(=O)c1ccc(CNc2ccccc2SC)o1. The number of benzene rings is 1. The molecule has 100 valence electrons. The van der Waals surface area contributed by atoms with Crippen molar-refractivity contribution in [2.75, 3.05) is 18.7 Å². The lowest BCUT2D eigenvalue weighted by atomic mass is 10.3. The molecular formula is C14H15NO3S. The van der Waals surface area contributed by atoms with Crippen LogP contribution < -0.4 is 5.32 Å². The van der Waals surface area contributed by atoms with Gasteiger partial charge in [0.25, 0.3) is 0 Å². The Kier molecular flexibility index (Phi) is 4.52. The van der Waals surface area contributed by atoms with E-state index in [0.29, 0.717) is 12.3 Å². The Bertz CT molecular complexity index is 565. The number of hydrogen-bond donors (Lipinski definition) is 1. The second kappa shape index (κ2) is 6.33. The normalized spacial score (nSPS) is 10.2. The third-order valence-corrected chi connectivity index (χ3v) is 3.40. The van der Waals surface area contributed by atoms with Crippen molar-refractivity contribution < 1.29 is 13.9 Å². The maximum Gasteiger partial charge on any atom is 0.373 e. The molecule has 5 heteroatoms. The predicted octanol–water partition coefficient (Wildman–Crippen LogP) is 3.40. The number of anilines is 1. The standard InChI is InChI=1S/C14H15NO3S/c1-17-14(16)12-8-7-10(18-12)9-15-11-5-3-4-6-13(11)19-2/h3-8,15H,9H2,1-2H3. The van der Waals surface area contributed by atoms with Gasteiger partial charge in [-0.05, 0) is 30.5 Å². The molecule has 0 fully saturated rings. The molecule has 0 spiro atoms. The van der Waals surface area contributed by atoms with Crippen LogP contribution in [0.15, 0.2) is 45.7 Å². The van der Waals surface area contributed by atoms with Crippen LogP contribution in [0.1, 0.15) is 16.3 Å². The maximum absolute atomic E-state index is 11.3. The van der Waals surface area contributed by atoms with Gasteiger partial charge in [-0.3, -0.25) is 0 Å². The molecule has 0 bridgehead atoms. The van der Waals surface area contributed by atoms with Crippen LogP contribution in [0.3, 0.4) is 0 Å². The van der Waals surface area contributed by atoms with E-state index in [1.54, 1.807) is 23.9 Å². The molecule has 0 saturated heterocycles. The molecule has 2 rings (SSSR count). The number of methoxy groups -OCH3 is 1. The summed E-state index contributed by atoms with van der Waals surface area (Å²) in [5.41, 5.74) is 1.05. The summed E-state index contributed by atoms with van der Waals surface area (Å²) in [6, 6.07) is 11.4. The number of hydrogen-bond acceptors (Lipinski definition) is 5. The van der Waals surface area contributed by atoms with Crippen LogP contribution in [0.25, 0.3) is 0 Å². The summed E-state index contributed by atoms with van der Waals surface area (Å²) in [6.07, 6.45) is 2.03. The van der Waals surface area contributed by atoms with Crippen molar-refractivity contribution in [2.24, 2.45) is 0 Å². The number of nitrogens with one attached hydrogen (secondary N) is 1. The Balaban J connectivity index is 2.02. The van der Waals surface area contributed by atoms with Gasteiger partial charge in [0.2, 0.25) is 5.76 Å². The monoisotopic (exact) mass is 277 g/mol. The average molecular weight is 277 g/mol. The van der Waals surface area contributed by atoms with E-state index in [-0.39, 0.29) is 5.76 Å². The third kappa shape index (κ3) is 3.32. The molecule has 0 radical (unpaired) electrons. The molecule has 0 aliphatic heterocycles. The lowest BCUT2D eigenvalue weighted by molar-refractivity contribution is 0.0563. The maximum atomic E-state index is 11.3. The molecule has 1 aromatic heterocycles. The molecule has 1 aromatic carbocycles. The van der Waals surface area contributed by atoms with Gasteiger partial charge in [0.05, 0.1) is 13.7 Å². The van der Waals surface area contributed by atoms with Crippen LogP contribution in [0.2, 0.25) is 0 Å². The van der Waals surface area contributed by atoms with Gasteiger partial charge in [-0.1, -0.05) is 12.1 Å². The van der Waals surface area contributed by atoms with Crippen LogP contribution >= 0.6 is 11.8 Å².